The zero-order chi connectivity index (χ0) is 11.9. The quantitative estimate of drug-likeness (QED) is 0.507. The van der Waals surface area contributed by atoms with Crippen LogP contribution in [0.4, 0.5) is 0 Å². The normalized spacial score (nSPS) is 37.8. The van der Waals surface area contributed by atoms with Gasteiger partial charge in [0.2, 0.25) is 0 Å². The summed E-state index contributed by atoms with van der Waals surface area (Å²) >= 11 is 0. The molecule has 0 bridgehead atoms. The second-order valence-electron chi connectivity index (χ2n) is 5.73. The van der Waals surface area contributed by atoms with Gasteiger partial charge in [-0.05, 0) is 44.1 Å². The molecule has 3 unspecified atom stereocenters. The van der Waals surface area contributed by atoms with Crippen LogP contribution in [0.2, 0.25) is 0 Å². The lowest BCUT2D eigenvalue weighted by molar-refractivity contribution is -0.122. The summed E-state index contributed by atoms with van der Waals surface area (Å²) in [4.78, 5) is 12.2. The second kappa shape index (κ2) is 3.87. The Morgan fingerprint density at radius 3 is 2.81 bits per heavy atom. The van der Waals surface area contributed by atoms with Gasteiger partial charge in [0.15, 0.2) is 5.78 Å². The van der Waals surface area contributed by atoms with Crippen molar-refractivity contribution in [2.75, 3.05) is 0 Å². The van der Waals surface area contributed by atoms with Gasteiger partial charge in [-0.1, -0.05) is 32.1 Å². The topological polar surface area (TPSA) is 17.1 Å². The predicted octanol–water partition coefficient (Wildman–Crippen LogP) is 3.90. The van der Waals surface area contributed by atoms with Crippen molar-refractivity contribution < 1.29 is 4.79 Å². The number of Topliss-reactive ketones (excluding diaryl/α,β-unsaturated/α-hetero) is 1. The van der Waals surface area contributed by atoms with E-state index in [4.69, 9.17) is 0 Å². The number of allylic oxidation sites excluding steroid dienone is 3. The monoisotopic (exact) mass is 218 g/mol. The molecule has 88 valence electrons. The number of carbonyl (C=O) groups excluding carboxylic acids is 1. The molecular formula is C15H22O. The van der Waals surface area contributed by atoms with E-state index in [2.05, 4.69) is 26.5 Å². The Bertz CT molecular complexity index is 364. The Kier molecular flexibility index (Phi) is 2.81. The van der Waals surface area contributed by atoms with Crippen LogP contribution in [-0.2, 0) is 4.79 Å². The van der Waals surface area contributed by atoms with Crippen molar-refractivity contribution in [3.8, 4) is 0 Å². The van der Waals surface area contributed by atoms with Gasteiger partial charge < -0.3 is 0 Å². The molecule has 0 amide bonds. The van der Waals surface area contributed by atoms with Gasteiger partial charge in [-0.15, -0.1) is 0 Å². The molecule has 3 atom stereocenters. The average Bonchev–Trinajstić information content (AvgIpc) is 2.57. The van der Waals surface area contributed by atoms with Gasteiger partial charge in [-0.3, -0.25) is 4.79 Å². The lowest BCUT2D eigenvalue weighted by Crippen LogP contribution is -2.37. The molecule has 0 saturated heterocycles. The van der Waals surface area contributed by atoms with Gasteiger partial charge >= 0.3 is 0 Å². The predicted molar refractivity (Wildman–Crippen MR) is 67.1 cm³/mol. The van der Waals surface area contributed by atoms with E-state index in [0.717, 1.165) is 18.4 Å². The van der Waals surface area contributed by atoms with Gasteiger partial charge in [-0.25, -0.2) is 0 Å². The van der Waals surface area contributed by atoms with Crippen molar-refractivity contribution in [2.24, 2.45) is 17.3 Å². The number of carbonyl (C=O) groups is 1. The first-order chi connectivity index (χ1) is 7.48. The molecule has 0 spiro atoms. The van der Waals surface area contributed by atoms with E-state index in [-0.39, 0.29) is 11.3 Å². The molecule has 1 nitrogen and oxygen atoms in total. The fourth-order valence-electron chi connectivity index (χ4n) is 3.58. The van der Waals surface area contributed by atoms with Crippen LogP contribution in [0.25, 0.3) is 0 Å². The summed E-state index contributed by atoms with van der Waals surface area (Å²) in [7, 11) is 0. The summed E-state index contributed by atoms with van der Waals surface area (Å²) in [6, 6.07) is 0. The van der Waals surface area contributed by atoms with Gasteiger partial charge in [-0.2, -0.15) is 0 Å². The van der Waals surface area contributed by atoms with E-state index in [9.17, 15) is 4.79 Å². The molecule has 1 saturated carbocycles. The van der Waals surface area contributed by atoms with E-state index in [1.807, 2.05) is 6.92 Å². The third-order valence-electron chi connectivity index (χ3n) is 4.87. The Morgan fingerprint density at radius 1 is 1.50 bits per heavy atom. The third kappa shape index (κ3) is 1.49. The summed E-state index contributed by atoms with van der Waals surface area (Å²) in [5, 5.41) is 0. The van der Waals surface area contributed by atoms with Crippen molar-refractivity contribution in [3.63, 3.8) is 0 Å². The van der Waals surface area contributed by atoms with Crippen LogP contribution in [0.3, 0.4) is 0 Å². The molecule has 0 radical (unpaired) electrons. The molecule has 2 aliphatic carbocycles. The zero-order valence-electron chi connectivity index (χ0n) is 10.7. The molecule has 2 rings (SSSR count). The van der Waals surface area contributed by atoms with Crippen molar-refractivity contribution in [1.82, 2.24) is 0 Å². The number of rotatable bonds is 2. The molecule has 1 fully saturated rings. The largest absolute Gasteiger partial charge is 0.294 e. The standard InChI is InChI=1S/C15H22O/c1-10(2)14(16)13-9-8-12-7-5-6-11(3)15(12,13)4/h7,11,13H,1,5-6,8-9H2,2-4H3. The van der Waals surface area contributed by atoms with Crippen LogP contribution >= 0.6 is 0 Å². The van der Waals surface area contributed by atoms with Crippen LogP contribution in [0.5, 0.6) is 0 Å². The maximum absolute atomic E-state index is 12.2. The summed E-state index contributed by atoms with van der Waals surface area (Å²) in [6.07, 6.45) is 6.94. The number of ketones is 1. The molecule has 16 heavy (non-hydrogen) atoms. The molecule has 0 heterocycles. The van der Waals surface area contributed by atoms with E-state index in [1.165, 1.54) is 18.4 Å². The second-order valence-corrected chi connectivity index (χ2v) is 5.73. The number of hydrogen-bond donors (Lipinski definition) is 0. The van der Waals surface area contributed by atoms with E-state index >= 15 is 0 Å². The van der Waals surface area contributed by atoms with Crippen LogP contribution in [-0.4, -0.2) is 5.78 Å². The molecule has 0 N–H and O–H groups in total. The minimum absolute atomic E-state index is 0.119. The highest BCUT2D eigenvalue weighted by Crippen LogP contribution is 2.56. The first-order valence-electron chi connectivity index (χ1n) is 6.37. The molecule has 0 aliphatic heterocycles. The van der Waals surface area contributed by atoms with Crippen molar-refractivity contribution in [2.45, 2.75) is 46.5 Å². The van der Waals surface area contributed by atoms with Gasteiger partial charge in [0.05, 0.1) is 0 Å². The SMILES string of the molecule is C=C(C)C(=O)C1CCC2=CCCC(C)C21C. The van der Waals surface area contributed by atoms with Gasteiger partial charge in [0.1, 0.15) is 0 Å². The molecular weight excluding hydrogens is 196 g/mol. The lowest BCUT2D eigenvalue weighted by atomic mass is 9.62. The summed E-state index contributed by atoms with van der Waals surface area (Å²) in [5.74, 6) is 1.11. The van der Waals surface area contributed by atoms with Crippen LogP contribution in [0, 0.1) is 17.3 Å². The number of fused-ring (bicyclic) bond motifs is 1. The van der Waals surface area contributed by atoms with Crippen molar-refractivity contribution in [1.29, 1.82) is 0 Å². The van der Waals surface area contributed by atoms with E-state index < -0.39 is 0 Å². The van der Waals surface area contributed by atoms with Crippen LogP contribution < -0.4 is 0 Å². The van der Waals surface area contributed by atoms with Gasteiger partial charge in [0, 0.05) is 11.3 Å². The first kappa shape index (κ1) is 11.6. The Balaban J connectivity index is 2.37. The van der Waals surface area contributed by atoms with Crippen molar-refractivity contribution in [3.05, 3.63) is 23.8 Å². The zero-order valence-corrected chi connectivity index (χ0v) is 10.7. The third-order valence-corrected chi connectivity index (χ3v) is 4.87. The average molecular weight is 218 g/mol. The number of hydrogen-bond acceptors (Lipinski definition) is 1. The fraction of sp³-hybridized carbons (Fsp3) is 0.667. The van der Waals surface area contributed by atoms with Crippen molar-refractivity contribution >= 4 is 5.78 Å². The highest BCUT2D eigenvalue weighted by molar-refractivity contribution is 5.97. The first-order valence-corrected chi connectivity index (χ1v) is 6.37. The smallest absolute Gasteiger partial charge is 0.161 e. The van der Waals surface area contributed by atoms with Crippen LogP contribution in [0.15, 0.2) is 23.8 Å². The minimum Gasteiger partial charge on any atom is -0.294 e. The highest BCUT2D eigenvalue weighted by Gasteiger charge is 2.50. The molecule has 0 aromatic carbocycles. The summed E-state index contributed by atoms with van der Waals surface area (Å²) in [6.45, 7) is 10.3. The summed E-state index contributed by atoms with van der Waals surface area (Å²) < 4.78 is 0. The minimum atomic E-state index is 0.119. The summed E-state index contributed by atoms with van der Waals surface area (Å²) in [5.41, 5.74) is 2.38. The molecule has 0 aromatic rings. The Labute approximate surface area is 98.6 Å². The van der Waals surface area contributed by atoms with E-state index in [1.54, 1.807) is 0 Å². The van der Waals surface area contributed by atoms with Gasteiger partial charge in [0.25, 0.3) is 0 Å². The molecule has 0 aromatic heterocycles. The lowest BCUT2D eigenvalue weighted by Gasteiger charge is -2.41. The maximum Gasteiger partial charge on any atom is 0.161 e. The highest BCUT2D eigenvalue weighted by atomic mass is 16.1. The van der Waals surface area contributed by atoms with E-state index in [0.29, 0.717) is 11.7 Å². The molecule has 2 aliphatic rings. The van der Waals surface area contributed by atoms with Crippen LogP contribution in [0.1, 0.15) is 46.5 Å². The fourth-order valence-corrected chi connectivity index (χ4v) is 3.58. The molecule has 1 heteroatoms. The Morgan fingerprint density at radius 2 is 2.19 bits per heavy atom. The maximum atomic E-state index is 12.2. The Hall–Kier alpha value is -0.850.